The van der Waals surface area contributed by atoms with Gasteiger partial charge < -0.3 is 5.32 Å². The quantitative estimate of drug-likeness (QED) is 0.791. The number of para-hydroxylation sites is 1. The normalized spacial score (nSPS) is 16.2. The lowest BCUT2D eigenvalue weighted by atomic mass is 9.88. The van der Waals surface area contributed by atoms with Crippen LogP contribution in [-0.4, -0.2) is 37.2 Å². The molecule has 0 spiro atoms. The lowest BCUT2D eigenvalue weighted by Gasteiger charge is -2.21. The summed E-state index contributed by atoms with van der Waals surface area (Å²) in [6.07, 6.45) is 4.31. The molecule has 0 atom stereocenters. The number of fused-ring (bicyclic) bond motifs is 1. The molecule has 1 amide bonds. The van der Waals surface area contributed by atoms with Crippen LogP contribution in [-0.2, 0) is 13.0 Å². The van der Waals surface area contributed by atoms with Crippen molar-refractivity contribution >= 4 is 5.91 Å². The molecule has 0 unspecified atom stereocenters. The molecular weight excluding hydrogens is 316 g/mol. The Bertz CT molecular complexity index is 909. The van der Waals surface area contributed by atoms with E-state index in [-0.39, 0.29) is 11.3 Å². The molecule has 0 saturated heterocycles. The van der Waals surface area contributed by atoms with Crippen molar-refractivity contribution in [1.29, 1.82) is 0 Å². The number of amides is 1. The number of carbonyl (C=O) groups is 1. The summed E-state index contributed by atoms with van der Waals surface area (Å²) >= 11 is 0. The Morgan fingerprint density at radius 2 is 2.04 bits per heavy atom. The van der Waals surface area contributed by atoms with E-state index in [1.54, 1.807) is 15.6 Å². The Hall–Kier alpha value is -2.96. The van der Waals surface area contributed by atoms with Crippen molar-refractivity contribution in [1.82, 2.24) is 30.1 Å². The van der Waals surface area contributed by atoms with Gasteiger partial charge in [-0.05, 0) is 24.0 Å². The van der Waals surface area contributed by atoms with Gasteiger partial charge in [-0.1, -0.05) is 37.3 Å². The van der Waals surface area contributed by atoms with Crippen LogP contribution >= 0.6 is 0 Å². The Labute approximate surface area is 145 Å². The molecule has 1 aromatic carbocycles. The zero-order valence-corrected chi connectivity index (χ0v) is 14.3. The number of hydrogen-bond acceptors (Lipinski definition) is 4. The maximum absolute atomic E-state index is 12.3. The number of aromatic nitrogens is 5. The molecule has 3 heterocycles. The summed E-state index contributed by atoms with van der Waals surface area (Å²) in [7, 11) is 0. The second-order valence-electron chi connectivity index (χ2n) is 7.18. The molecule has 0 radical (unpaired) electrons. The van der Waals surface area contributed by atoms with E-state index in [1.807, 2.05) is 36.5 Å². The fourth-order valence-corrected chi connectivity index (χ4v) is 3.11. The van der Waals surface area contributed by atoms with Gasteiger partial charge in [-0.3, -0.25) is 9.48 Å². The average molecular weight is 336 g/mol. The SMILES string of the molecule is CC1(C)CNC(=O)c2cn(Cc3cnnn3-c3ccccc3)nc2C1. The van der Waals surface area contributed by atoms with Crippen LogP contribution in [0, 0.1) is 5.41 Å². The summed E-state index contributed by atoms with van der Waals surface area (Å²) in [5, 5.41) is 15.8. The highest BCUT2D eigenvalue weighted by Crippen LogP contribution is 2.25. The molecule has 128 valence electrons. The van der Waals surface area contributed by atoms with Crippen molar-refractivity contribution in [2.45, 2.75) is 26.8 Å². The first-order valence-electron chi connectivity index (χ1n) is 8.31. The monoisotopic (exact) mass is 336 g/mol. The van der Waals surface area contributed by atoms with Gasteiger partial charge in [-0.15, -0.1) is 5.10 Å². The smallest absolute Gasteiger partial charge is 0.254 e. The highest BCUT2D eigenvalue weighted by Gasteiger charge is 2.29. The van der Waals surface area contributed by atoms with E-state index in [2.05, 4.69) is 34.6 Å². The van der Waals surface area contributed by atoms with Crippen LogP contribution in [0.25, 0.3) is 5.69 Å². The van der Waals surface area contributed by atoms with Gasteiger partial charge in [0.15, 0.2) is 0 Å². The summed E-state index contributed by atoms with van der Waals surface area (Å²) in [5.41, 5.74) is 3.35. The zero-order chi connectivity index (χ0) is 17.4. The molecule has 7 heteroatoms. The molecule has 7 nitrogen and oxygen atoms in total. The topological polar surface area (TPSA) is 77.6 Å². The molecule has 3 aromatic rings. The van der Waals surface area contributed by atoms with Gasteiger partial charge in [-0.25, -0.2) is 4.68 Å². The Kier molecular flexibility index (Phi) is 3.63. The summed E-state index contributed by atoms with van der Waals surface area (Å²) in [5.74, 6) is -0.0542. The molecule has 1 aliphatic rings. The number of benzene rings is 1. The average Bonchev–Trinajstić information content (AvgIpc) is 3.18. The lowest BCUT2D eigenvalue weighted by Crippen LogP contribution is -2.31. The first kappa shape index (κ1) is 15.6. The van der Waals surface area contributed by atoms with Crippen LogP contribution in [0.4, 0.5) is 0 Å². The Morgan fingerprint density at radius 1 is 1.24 bits per heavy atom. The number of nitrogens with one attached hydrogen (secondary N) is 1. The minimum atomic E-state index is -0.0542. The predicted molar refractivity (Wildman–Crippen MR) is 92.5 cm³/mol. The van der Waals surface area contributed by atoms with Crippen molar-refractivity contribution in [2.24, 2.45) is 5.41 Å². The van der Waals surface area contributed by atoms with Crippen LogP contribution in [0.5, 0.6) is 0 Å². The Morgan fingerprint density at radius 3 is 2.84 bits per heavy atom. The van der Waals surface area contributed by atoms with Crippen molar-refractivity contribution in [3.05, 3.63) is 59.7 Å². The molecule has 1 N–H and O–H groups in total. The third kappa shape index (κ3) is 3.05. The second-order valence-corrected chi connectivity index (χ2v) is 7.18. The lowest BCUT2D eigenvalue weighted by molar-refractivity contribution is 0.0944. The van der Waals surface area contributed by atoms with E-state index in [1.165, 1.54) is 0 Å². The second kappa shape index (κ2) is 5.84. The van der Waals surface area contributed by atoms with Gasteiger partial charge >= 0.3 is 0 Å². The molecule has 0 aliphatic carbocycles. The number of hydrogen-bond donors (Lipinski definition) is 1. The molecule has 4 rings (SSSR count). The zero-order valence-electron chi connectivity index (χ0n) is 14.3. The minimum Gasteiger partial charge on any atom is -0.351 e. The largest absolute Gasteiger partial charge is 0.351 e. The number of rotatable bonds is 3. The van der Waals surface area contributed by atoms with E-state index >= 15 is 0 Å². The van der Waals surface area contributed by atoms with Crippen LogP contribution in [0.3, 0.4) is 0 Å². The summed E-state index contributed by atoms with van der Waals surface area (Å²) < 4.78 is 3.58. The van der Waals surface area contributed by atoms with Crippen LogP contribution in [0.15, 0.2) is 42.7 Å². The first-order valence-corrected chi connectivity index (χ1v) is 8.31. The van der Waals surface area contributed by atoms with Crippen LogP contribution in [0.2, 0.25) is 0 Å². The molecule has 2 aromatic heterocycles. The van der Waals surface area contributed by atoms with Gasteiger partial charge in [0.05, 0.1) is 35.4 Å². The van der Waals surface area contributed by atoms with E-state index in [0.29, 0.717) is 18.7 Å². The van der Waals surface area contributed by atoms with Crippen LogP contribution < -0.4 is 5.32 Å². The maximum Gasteiger partial charge on any atom is 0.254 e. The number of nitrogens with zero attached hydrogens (tertiary/aromatic N) is 5. The van der Waals surface area contributed by atoms with Crippen molar-refractivity contribution in [3.8, 4) is 5.69 Å². The van der Waals surface area contributed by atoms with Gasteiger partial charge in [0, 0.05) is 12.7 Å². The fraction of sp³-hybridized carbons (Fsp3) is 0.333. The summed E-state index contributed by atoms with van der Waals surface area (Å²) in [6.45, 7) is 5.43. The summed E-state index contributed by atoms with van der Waals surface area (Å²) in [6, 6.07) is 9.84. The third-order valence-corrected chi connectivity index (χ3v) is 4.40. The highest BCUT2D eigenvalue weighted by molar-refractivity contribution is 5.95. The molecule has 0 bridgehead atoms. The number of carbonyl (C=O) groups excluding carboxylic acids is 1. The van der Waals surface area contributed by atoms with E-state index in [0.717, 1.165) is 23.5 Å². The van der Waals surface area contributed by atoms with Gasteiger partial charge in [-0.2, -0.15) is 5.10 Å². The molecule has 25 heavy (non-hydrogen) atoms. The molecular formula is C18H20N6O. The van der Waals surface area contributed by atoms with Crippen LogP contribution in [0.1, 0.15) is 35.6 Å². The van der Waals surface area contributed by atoms with Gasteiger partial charge in [0.25, 0.3) is 5.91 Å². The third-order valence-electron chi connectivity index (χ3n) is 4.40. The summed E-state index contributed by atoms with van der Waals surface area (Å²) in [4.78, 5) is 12.3. The van der Waals surface area contributed by atoms with Crippen molar-refractivity contribution in [3.63, 3.8) is 0 Å². The highest BCUT2D eigenvalue weighted by atomic mass is 16.1. The van der Waals surface area contributed by atoms with Gasteiger partial charge in [0.1, 0.15) is 0 Å². The van der Waals surface area contributed by atoms with Crippen molar-refractivity contribution in [2.75, 3.05) is 6.54 Å². The predicted octanol–water partition coefficient (Wildman–Crippen LogP) is 1.82. The standard InChI is InChI=1S/C18H20N6O/c1-18(2)8-16-15(17(25)19-12-18)11-23(21-16)10-14-9-20-22-24(14)13-6-4-3-5-7-13/h3-7,9,11H,8,10,12H2,1-2H3,(H,19,25). The van der Waals surface area contributed by atoms with Gasteiger partial charge in [0.2, 0.25) is 0 Å². The Balaban J connectivity index is 1.65. The van der Waals surface area contributed by atoms with E-state index in [4.69, 9.17) is 0 Å². The molecule has 0 fully saturated rings. The van der Waals surface area contributed by atoms with E-state index < -0.39 is 0 Å². The molecule has 0 saturated carbocycles. The first-order chi connectivity index (χ1) is 12.0. The van der Waals surface area contributed by atoms with Crippen molar-refractivity contribution < 1.29 is 4.79 Å². The fourth-order valence-electron chi connectivity index (χ4n) is 3.11. The minimum absolute atomic E-state index is 0.00649. The molecule has 1 aliphatic heterocycles. The van der Waals surface area contributed by atoms with E-state index in [9.17, 15) is 4.79 Å². The maximum atomic E-state index is 12.3.